The fourth-order valence-electron chi connectivity index (χ4n) is 1.72. The zero-order valence-corrected chi connectivity index (χ0v) is 10.6. The second-order valence-corrected chi connectivity index (χ2v) is 4.30. The quantitative estimate of drug-likeness (QED) is 0.858. The Morgan fingerprint density at radius 3 is 2.42 bits per heavy atom. The Labute approximate surface area is 111 Å². The summed E-state index contributed by atoms with van der Waals surface area (Å²) in [5.41, 5.74) is 11.5. The number of hydrogen-bond donors (Lipinski definition) is 2. The van der Waals surface area contributed by atoms with Crippen molar-refractivity contribution in [1.29, 1.82) is 0 Å². The smallest absolute Gasteiger partial charge is 0.248 e. The maximum atomic E-state index is 11.0. The van der Waals surface area contributed by atoms with Crippen LogP contribution in [-0.2, 0) is 0 Å². The molecule has 100 valence electrons. The van der Waals surface area contributed by atoms with Crippen LogP contribution in [0.4, 0.5) is 0 Å². The molecule has 4 N–H and O–H groups in total. The Morgan fingerprint density at radius 1 is 1.26 bits per heavy atom. The summed E-state index contributed by atoms with van der Waals surface area (Å²) in [4.78, 5) is 11.0. The molecule has 2 atom stereocenters. The van der Waals surface area contributed by atoms with Crippen molar-refractivity contribution >= 4 is 5.91 Å². The van der Waals surface area contributed by atoms with Crippen LogP contribution in [0.15, 0.2) is 47.1 Å². The Morgan fingerprint density at radius 2 is 1.95 bits per heavy atom. The number of amides is 1. The maximum absolute atomic E-state index is 11.0. The molecule has 0 bridgehead atoms. The molecule has 19 heavy (non-hydrogen) atoms. The Kier molecular flexibility index (Phi) is 3.87. The molecule has 0 spiro atoms. The molecular formula is C14H16N2O3. The van der Waals surface area contributed by atoms with Gasteiger partial charge in [0.1, 0.15) is 11.5 Å². The number of ether oxygens (including phenoxy) is 1. The molecule has 2 aromatic rings. The number of nitrogens with two attached hydrogens (primary N) is 2. The van der Waals surface area contributed by atoms with Crippen LogP contribution >= 0.6 is 0 Å². The van der Waals surface area contributed by atoms with Gasteiger partial charge in [-0.2, -0.15) is 0 Å². The zero-order chi connectivity index (χ0) is 13.8. The van der Waals surface area contributed by atoms with Crippen molar-refractivity contribution < 1.29 is 13.9 Å². The van der Waals surface area contributed by atoms with Crippen LogP contribution in [0, 0.1) is 0 Å². The van der Waals surface area contributed by atoms with E-state index in [9.17, 15) is 4.79 Å². The molecule has 0 saturated heterocycles. The molecule has 5 nitrogen and oxygen atoms in total. The van der Waals surface area contributed by atoms with E-state index in [1.807, 2.05) is 13.0 Å². The predicted octanol–water partition coefficient (Wildman–Crippen LogP) is 1.85. The minimum absolute atomic E-state index is 0.234. The second-order valence-electron chi connectivity index (χ2n) is 4.30. The molecule has 0 aliphatic heterocycles. The summed E-state index contributed by atoms with van der Waals surface area (Å²) in [6, 6.07) is 9.94. The second kappa shape index (κ2) is 5.58. The first-order valence-corrected chi connectivity index (χ1v) is 5.93. The normalized spacial score (nSPS) is 13.8. The molecule has 1 aromatic carbocycles. The van der Waals surface area contributed by atoms with Crippen molar-refractivity contribution in [1.82, 2.24) is 0 Å². The van der Waals surface area contributed by atoms with Gasteiger partial charge in [-0.05, 0) is 43.3 Å². The number of benzene rings is 1. The van der Waals surface area contributed by atoms with E-state index in [1.165, 1.54) is 0 Å². The van der Waals surface area contributed by atoms with E-state index in [2.05, 4.69) is 0 Å². The number of primary amides is 1. The van der Waals surface area contributed by atoms with Gasteiger partial charge < -0.3 is 20.6 Å². The number of hydrogen-bond acceptors (Lipinski definition) is 4. The molecule has 2 rings (SSSR count). The first kappa shape index (κ1) is 13.2. The topological polar surface area (TPSA) is 91.5 Å². The van der Waals surface area contributed by atoms with Crippen molar-refractivity contribution in [2.45, 2.75) is 19.1 Å². The highest BCUT2D eigenvalue weighted by Gasteiger charge is 2.21. The Hall–Kier alpha value is -2.27. The lowest BCUT2D eigenvalue weighted by atomic mass is 10.1. The molecule has 1 heterocycles. The summed E-state index contributed by atoms with van der Waals surface area (Å²) >= 11 is 0. The van der Waals surface area contributed by atoms with Gasteiger partial charge in [0.25, 0.3) is 0 Å². The third-order valence-corrected chi connectivity index (χ3v) is 2.70. The van der Waals surface area contributed by atoms with Gasteiger partial charge in [-0.1, -0.05) is 0 Å². The van der Waals surface area contributed by atoms with Crippen LogP contribution in [0.5, 0.6) is 5.75 Å². The average Bonchev–Trinajstić information content (AvgIpc) is 2.89. The highest BCUT2D eigenvalue weighted by molar-refractivity contribution is 5.92. The molecule has 0 aliphatic carbocycles. The van der Waals surface area contributed by atoms with Crippen molar-refractivity contribution in [3.8, 4) is 5.75 Å². The van der Waals surface area contributed by atoms with Gasteiger partial charge in [-0.15, -0.1) is 0 Å². The molecule has 0 saturated carbocycles. The molecule has 0 fully saturated rings. The molecule has 2 unspecified atom stereocenters. The van der Waals surface area contributed by atoms with E-state index in [4.69, 9.17) is 20.6 Å². The van der Waals surface area contributed by atoms with Crippen molar-refractivity contribution in [3.63, 3.8) is 0 Å². The van der Waals surface area contributed by atoms with Crippen molar-refractivity contribution in [2.24, 2.45) is 11.5 Å². The van der Waals surface area contributed by atoms with Crippen LogP contribution in [0.3, 0.4) is 0 Å². The van der Waals surface area contributed by atoms with Gasteiger partial charge in [0.15, 0.2) is 6.10 Å². The lowest BCUT2D eigenvalue weighted by molar-refractivity contribution is 0.1000. The van der Waals surface area contributed by atoms with E-state index < -0.39 is 5.91 Å². The first-order valence-electron chi connectivity index (χ1n) is 5.93. The van der Waals surface area contributed by atoms with Gasteiger partial charge in [0, 0.05) is 11.6 Å². The number of rotatable bonds is 5. The van der Waals surface area contributed by atoms with Crippen LogP contribution in [0.25, 0.3) is 0 Å². The largest absolute Gasteiger partial charge is 0.481 e. The molecule has 1 amide bonds. The van der Waals surface area contributed by atoms with Crippen molar-refractivity contribution in [2.75, 3.05) is 0 Å². The number of furan rings is 1. The Balaban J connectivity index is 2.16. The molecule has 1 aromatic heterocycles. The minimum atomic E-state index is -0.471. The fraction of sp³-hybridized carbons (Fsp3) is 0.214. The minimum Gasteiger partial charge on any atom is -0.481 e. The summed E-state index contributed by atoms with van der Waals surface area (Å²) in [5.74, 6) is 0.791. The van der Waals surface area contributed by atoms with Gasteiger partial charge >= 0.3 is 0 Å². The first-order chi connectivity index (χ1) is 9.08. The standard InChI is InChI=1S/C14H16N2O3/c1-9(15)13(12-3-2-8-18-12)19-11-6-4-10(5-7-11)14(16)17/h2-9,13H,15H2,1H3,(H2,16,17). The number of carbonyl (C=O) groups is 1. The zero-order valence-electron chi connectivity index (χ0n) is 10.6. The van der Waals surface area contributed by atoms with Crippen LogP contribution in [0.1, 0.15) is 29.1 Å². The van der Waals surface area contributed by atoms with Gasteiger partial charge in [-0.3, -0.25) is 4.79 Å². The van der Waals surface area contributed by atoms with E-state index in [1.54, 1.807) is 36.6 Å². The van der Waals surface area contributed by atoms with Crippen LogP contribution in [0.2, 0.25) is 0 Å². The SMILES string of the molecule is CC(N)C(Oc1ccc(C(N)=O)cc1)c1ccco1. The predicted molar refractivity (Wildman–Crippen MR) is 70.7 cm³/mol. The van der Waals surface area contributed by atoms with Crippen LogP contribution in [-0.4, -0.2) is 11.9 Å². The third kappa shape index (κ3) is 3.14. The Bertz CT molecular complexity index is 532. The van der Waals surface area contributed by atoms with E-state index >= 15 is 0 Å². The summed E-state index contributed by atoms with van der Waals surface area (Å²) in [5, 5.41) is 0. The highest BCUT2D eigenvalue weighted by Crippen LogP contribution is 2.24. The summed E-state index contributed by atoms with van der Waals surface area (Å²) in [7, 11) is 0. The molecule has 5 heteroatoms. The molecular weight excluding hydrogens is 244 g/mol. The van der Waals surface area contributed by atoms with E-state index in [0.717, 1.165) is 0 Å². The fourth-order valence-corrected chi connectivity index (χ4v) is 1.72. The lowest BCUT2D eigenvalue weighted by Crippen LogP contribution is -2.28. The van der Waals surface area contributed by atoms with E-state index in [-0.39, 0.29) is 12.1 Å². The summed E-state index contributed by atoms with van der Waals surface area (Å²) < 4.78 is 11.1. The van der Waals surface area contributed by atoms with E-state index in [0.29, 0.717) is 17.1 Å². The van der Waals surface area contributed by atoms with Gasteiger partial charge in [0.2, 0.25) is 5.91 Å². The molecule has 0 radical (unpaired) electrons. The van der Waals surface area contributed by atoms with Gasteiger partial charge in [-0.25, -0.2) is 0 Å². The monoisotopic (exact) mass is 260 g/mol. The van der Waals surface area contributed by atoms with Crippen LogP contribution < -0.4 is 16.2 Å². The number of carbonyl (C=O) groups excluding carboxylic acids is 1. The maximum Gasteiger partial charge on any atom is 0.248 e. The highest BCUT2D eigenvalue weighted by atomic mass is 16.5. The van der Waals surface area contributed by atoms with Gasteiger partial charge in [0.05, 0.1) is 6.26 Å². The third-order valence-electron chi connectivity index (χ3n) is 2.70. The van der Waals surface area contributed by atoms with Crippen molar-refractivity contribution in [3.05, 3.63) is 54.0 Å². The lowest BCUT2D eigenvalue weighted by Gasteiger charge is -2.20. The summed E-state index contributed by atoms with van der Waals surface area (Å²) in [6.45, 7) is 1.84. The molecule has 0 aliphatic rings. The average molecular weight is 260 g/mol. The summed E-state index contributed by atoms with van der Waals surface area (Å²) in [6.07, 6.45) is 1.19.